The Morgan fingerprint density at radius 2 is 2.00 bits per heavy atom. The molecule has 0 fully saturated rings. The van der Waals surface area contributed by atoms with Crippen LogP contribution in [-0.2, 0) is 6.61 Å². The second kappa shape index (κ2) is 6.84. The molecule has 0 amide bonds. The van der Waals surface area contributed by atoms with E-state index in [9.17, 15) is 5.11 Å². The third-order valence-corrected chi connectivity index (χ3v) is 3.59. The lowest BCUT2D eigenvalue weighted by Gasteiger charge is -2.18. The minimum atomic E-state index is -0.165. The molecule has 3 nitrogen and oxygen atoms in total. The fraction of sp³-hybridized carbons (Fsp3) is 0.200. The van der Waals surface area contributed by atoms with Crippen molar-refractivity contribution in [2.45, 2.75) is 18.9 Å². The highest BCUT2D eigenvalue weighted by atomic mass is 35.5. The summed E-state index contributed by atoms with van der Waals surface area (Å²) in [5.74, 6) is -0.104. The summed E-state index contributed by atoms with van der Waals surface area (Å²) < 4.78 is 0. The second-order valence-corrected chi connectivity index (χ2v) is 5.13. The van der Waals surface area contributed by atoms with Crippen molar-refractivity contribution in [3.05, 3.63) is 70.2 Å². The highest BCUT2D eigenvalue weighted by Gasteiger charge is 2.20. The quantitative estimate of drug-likeness (QED) is 0.850. The maximum absolute atomic E-state index is 9.41. The standard InChI is InChI=1S/C15H14Cl2N2O/c1-2-3-12(11-5-4-10(16)8-13(11)17)15-14(9-20)18-6-7-19-15/h2,4-8,12,20H,1,3,9H2. The molecule has 2 rings (SSSR count). The molecule has 104 valence electrons. The summed E-state index contributed by atoms with van der Waals surface area (Å²) in [6.45, 7) is 3.61. The van der Waals surface area contributed by atoms with Gasteiger partial charge in [0.15, 0.2) is 0 Å². The summed E-state index contributed by atoms with van der Waals surface area (Å²) in [5, 5.41) is 10.6. The number of hydrogen-bond acceptors (Lipinski definition) is 3. The average molecular weight is 309 g/mol. The smallest absolute Gasteiger partial charge is 0.0879 e. The van der Waals surface area contributed by atoms with Gasteiger partial charge in [-0.3, -0.25) is 9.97 Å². The minimum absolute atomic E-state index is 0.104. The first kappa shape index (κ1) is 15.0. The molecule has 0 aliphatic heterocycles. The largest absolute Gasteiger partial charge is 0.390 e. The van der Waals surface area contributed by atoms with E-state index in [0.29, 0.717) is 27.9 Å². The van der Waals surface area contributed by atoms with Crippen molar-refractivity contribution in [2.75, 3.05) is 0 Å². The van der Waals surface area contributed by atoms with Gasteiger partial charge in [0.2, 0.25) is 0 Å². The topological polar surface area (TPSA) is 46.0 Å². The summed E-state index contributed by atoms with van der Waals surface area (Å²) in [6, 6.07) is 5.35. The highest BCUT2D eigenvalue weighted by Crippen LogP contribution is 2.34. The van der Waals surface area contributed by atoms with E-state index < -0.39 is 0 Å². The van der Waals surface area contributed by atoms with Crippen LogP contribution < -0.4 is 0 Å². The zero-order valence-corrected chi connectivity index (χ0v) is 12.3. The lowest BCUT2D eigenvalue weighted by Crippen LogP contribution is -2.09. The average Bonchev–Trinajstić information content (AvgIpc) is 2.45. The number of benzene rings is 1. The molecule has 0 aliphatic rings. The van der Waals surface area contributed by atoms with E-state index in [4.69, 9.17) is 23.2 Å². The van der Waals surface area contributed by atoms with E-state index in [2.05, 4.69) is 16.5 Å². The number of aliphatic hydroxyl groups is 1. The van der Waals surface area contributed by atoms with Gasteiger partial charge in [0.25, 0.3) is 0 Å². The molecule has 1 unspecified atom stereocenters. The van der Waals surface area contributed by atoms with Crippen molar-refractivity contribution in [3.8, 4) is 0 Å². The van der Waals surface area contributed by atoms with E-state index in [1.54, 1.807) is 30.6 Å². The van der Waals surface area contributed by atoms with Gasteiger partial charge in [-0.1, -0.05) is 35.3 Å². The molecule has 0 saturated carbocycles. The lowest BCUT2D eigenvalue weighted by molar-refractivity contribution is 0.274. The predicted molar refractivity (Wildman–Crippen MR) is 81.1 cm³/mol. The SMILES string of the molecule is C=CCC(c1ccc(Cl)cc1Cl)c1nccnc1CO. The molecule has 0 bridgehead atoms. The van der Waals surface area contributed by atoms with Crippen molar-refractivity contribution < 1.29 is 5.11 Å². The monoisotopic (exact) mass is 308 g/mol. The van der Waals surface area contributed by atoms with Gasteiger partial charge in [-0.15, -0.1) is 6.58 Å². The van der Waals surface area contributed by atoms with Crippen molar-refractivity contribution in [1.29, 1.82) is 0 Å². The van der Waals surface area contributed by atoms with Crippen LogP contribution in [0.5, 0.6) is 0 Å². The Morgan fingerprint density at radius 3 is 2.65 bits per heavy atom. The first-order valence-electron chi connectivity index (χ1n) is 6.13. The van der Waals surface area contributed by atoms with E-state index >= 15 is 0 Å². The molecule has 0 aliphatic carbocycles. The summed E-state index contributed by atoms with van der Waals surface area (Å²) in [4.78, 5) is 8.50. The molecule has 2 aromatic rings. The van der Waals surface area contributed by atoms with Crippen molar-refractivity contribution >= 4 is 23.2 Å². The summed E-state index contributed by atoms with van der Waals surface area (Å²) in [5.41, 5.74) is 2.15. The third-order valence-electron chi connectivity index (χ3n) is 3.03. The number of aromatic nitrogens is 2. The zero-order valence-electron chi connectivity index (χ0n) is 10.8. The molecular weight excluding hydrogens is 295 g/mol. The minimum Gasteiger partial charge on any atom is -0.390 e. The van der Waals surface area contributed by atoms with Crippen LogP contribution in [0.25, 0.3) is 0 Å². The van der Waals surface area contributed by atoms with E-state index in [-0.39, 0.29) is 12.5 Å². The normalized spacial score (nSPS) is 12.2. The number of hydrogen-bond donors (Lipinski definition) is 1. The molecule has 5 heteroatoms. The first-order valence-corrected chi connectivity index (χ1v) is 6.89. The Bertz CT molecular complexity index is 617. The Hall–Kier alpha value is -1.42. The van der Waals surface area contributed by atoms with Crippen molar-refractivity contribution in [3.63, 3.8) is 0 Å². The number of allylic oxidation sites excluding steroid dienone is 1. The highest BCUT2D eigenvalue weighted by molar-refractivity contribution is 6.35. The van der Waals surface area contributed by atoms with E-state index in [1.807, 2.05) is 6.07 Å². The summed E-state index contributed by atoms with van der Waals surface area (Å²) in [7, 11) is 0. The van der Waals surface area contributed by atoms with Gasteiger partial charge in [-0.2, -0.15) is 0 Å². The fourth-order valence-corrected chi connectivity index (χ4v) is 2.67. The predicted octanol–water partition coefficient (Wildman–Crippen LogP) is 3.98. The van der Waals surface area contributed by atoms with E-state index in [0.717, 1.165) is 5.56 Å². The lowest BCUT2D eigenvalue weighted by atomic mass is 9.91. The molecule has 1 heterocycles. The van der Waals surface area contributed by atoms with Crippen LogP contribution in [0.15, 0.2) is 43.2 Å². The molecule has 0 spiro atoms. The number of rotatable bonds is 5. The Balaban J connectivity index is 2.53. The van der Waals surface area contributed by atoms with Crippen LogP contribution in [-0.4, -0.2) is 15.1 Å². The molecule has 0 saturated heterocycles. The van der Waals surface area contributed by atoms with Gasteiger partial charge < -0.3 is 5.11 Å². The van der Waals surface area contributed by atoms with Gasteiger partial charge in [0, 0.05) is 28.4 Å². The Morgan fingerprint density at radius 1 is 1.25 bits per heavy atom. The van der Waals surface area contributed by atoms with Gasteiger partial charge in [0.05, 0.1) is 18.0 Å². The molecule has 1 atom stereocenters. The summed E-state index contributed by atoms with van der Waals surface area (Å²) in [6.07, 6.45) is 5.61. The number of nitrogens with zero attached hydrogens (tertiary/aromatic N) is 2. The Kier molecular flexibility index (Phi) is 5.12. The maximum atomic E-state index is 9.41. The second-order valence-electron chi connectivity index (χ2n) is 4.29. The maximum Gasteiger partial charge on any atom is 0.0879 e. The van der Waals surface area contributed by atoms with Gasteiger partial charge >= 0.3 is 0 Å². The van der Waals surface area contributed by atoms with Crippen LogP contribution in [0.3, 0.4) is 0 Å². The molecule has 1 aromatic carbocycles. The summed E-state index contributed by atoms with van der Waals surface area (Å²) >= 11 is 12.2. The van der Waals surface area contributed by atoms with Crippen LogP contribution in [0.1, 0.15) is 29.3 Å². The van der Waals surface area contributed by atoms with E-state index in [1.165, 1.54) is 0 Å². The van der Waals surface area contributed by atoms with Crippen LogP contribution in [0.2, 0.25) is 10.0 Å². The molecule has 0 radical (unpaired) electrons. The fourth-order valence-electron chi connectivity index (χ4n) is 2.13. The molecule has 1 aromatic heterocycles. The van der Waals surface area contributed by atoms with Gasteiger partial charge in [0.1, 0.15) is 0 Å². The van der Waals surface area contributed by atoms with Gasteiger partial charge in [-0.05, 0) is 24.1 Å². The Labute approximate surface area is 127 Å². The molecule has 1 N–H and O–H groups in total. The van der Waals surface area contributed by atoms with Crippen LogP contribution >= 0.6 is 23.2 Å². The van der Waals surface area contributed by atoms with Gasteiger partial charge in [-0.25, -0.2) is 0 Å². The zero-order chi connectivity index (χ0) is 14.5. The van der Waals surface area contributed by atoms with Crippen LogP contribution in [0, 0.1) is 0 Å². The van der Waals surface area contributed by atoms with Crippen molar-refractivity contribution in [1.82, 2.24) is 9.97 Å². The molecule has 20 heavy (non-hydrogen) atoms. The van der Waals surface area contributed by atoms with Crippen molar-refractivity contribution in [2.24, 2.45) is 0 Å². The number of halogens is 2. The molecular formula is C15H14Cl2N2O. The van der Waals surface area contributed by atoms with Crippen LogP contribution in [0.4, 0.5) is 0 Å². The first-order chi connectivity index (χ1) is 9.67. The third kappa shape index (κ3) is 3.18. The number of aliphatic hydroxyl groups excluding tert-OH is 1.